The van der Waals surface area contributed by atoms with Crippen LogP contribution in [0.4, 0.5) is 0 Å². The van der Waals surface area contributed by atoms with Crippen LogP contribution in [0.3, 0.4) is 0 Å². The molecule has 0 atom stereocenters. The number of carbonyl (C=O) groups excluding carboxylic acids is 1. The summed E-state index contributed by atoms with van der Waals surface area (Å²) in [6.07, 6.45) is 4.48. The monoisotopic (exact) mass is 306 g/mol. The molecule has 0 aromatic heterocycles. The lowest BCUT2D eigenvalue weighted by atomic mass is 10.1. The van der Waals surface area contributed by atoms with Crippen molar-refractivity contribution in [1.29, 1.82) is 0 Å². The van der Waals surface area contributed by atoms with E-state index in [4.69, 9.17) is 4.74 Å². The fraction of sp³-hybridized carbons (Fsp3) is 0.588. The Bertz CT molecular complexity index is 459. The molecule has 1 aliphatic rings. The van der Waals surface area contributed by atoms with Gasteiger partial charge >= 0.3 is 0 Å². The maximum Gasteiger partial charge on any atom is 0.255 e. The molecule has 0 aliphatic carbocycles. The number of carbonyl (C=O) groups is 1. The van der Waals surface area contributed by atoms with Crippen LogP contribution in [0.5, 0.6) is 5.75 Å². The molecule has 0 unspecified atom stereocenters. The minimum Gasteiger partial charge on any atom is -0.507 e. The molecule has 1 aromatic carbocycles. The number of para-hydroxylation sites is 1. The summed E-state index contributed by atoms with van der Waals surface area (Å²) in [6.45, 7) is 5.63. The van der Waals surface area contributed by atoms with Gasteiger partial charge in [0.05, 0.1) is 18.8 Å². The summed E-state index contributed by atoms with van der Waals surface area (Å²) in [5.74, 6) is -0.170. The second-order valence-corrected chi connectivity index (χ2v) is 5.64. The Balaban J connectivity index is 1.50. The number of aromatic hydroxyl groups is 1. The fourth-order valence-corrected chi connectivity index (χ4v) is 2.60. The van der Waals surface area contributed by atoms with E-state index in [9.17, 15) is 9.90 Å². The highest BCUT2D eigenvalue weighted by Crippen LogP contribution is 2.15. The van der Waals surface area contributed by atoms with E-state index in [0.29, 0.717) is 12.1 Å². The average molecular weight is 306 g/mol. The second-order valence-electron chi connectivity index (χ2n) is 5.64. The van der Waals surface area contributed by atoms with Crippen LogP contribution in [0.1, 0.15) is 36.0 Å². The van der Waals surface area contributed by atoms with Crippen LogP contribution in [-0.2, 0) is 4.74 Å². The Morgan fingerprint density at radius 2 is 1.86 bits per heavy atom. The minimum atomic E-state index is -0.202. The third-order valence-corrected chi connectivity index (χ3v) is 3.94. The van der Waals surface area contributed by atoms with E-state index in [2.05, 4.69) is 10.2 Å². The van der Waals surface area contributed by atoms with Crippen LogP contribution in [0, 0.1) is 0 Å². The van der Waals surface area contributed by atoms with Crippen LogP contribution < -0.4 is 5.32 Å². The molecule has 1 aliphatic heterocycles. The van der Waals surface area contributed by atoms with Gasteiger partial charge in [-0.2, -0.15) is 0 Å². The van der Waals surface area contributed by atoms with E-state index in [-0.39, 0.29) is 11.7 Å². The zero-order chi connectivity index (χ0) is 15.6. The predicted molar refractivity (Wildman–Crippen MR) is 86.2 cm³/mol. The summed E-state index contributed by atoms with van der Waals surface area (Å²) in [5.41, 5.74) is 0.342. The molecule has 1 amide bonds. The maximum atomic E-state index is 11.9. The van der Waals surface area contributed by atoms with Crippen molar-refractivity contribution < 1.29 is 14.6 Å². The van der Waals surface area contributed by atoms with E-state index >= 15 is 0 Å². The first-order valence-electron chi connectivity index (χ1n) is 8.13. The predicted octanol–water partition coefficient (Wildman–Crippen LogP) is 2.01. The molecule has 1 saturated heterocycles. The highest BCUT2D eigenvalue weighted by Gasteiger charge is 2.10. The lowest BCUT2D eigenvalue weighted by Gasteiger charge is -2.26. The van der Waals surface area contributed by atoms with Gasteiger partial charge in [-0.05, 0) is 31.5 Å². The second kappa shape index (κ2) is 9.43. The molecule has 0 spiro atoms. The Labute approximate surface area is 132 Å². The van der Waals surface area contributed by atoms with E-state index < -0.39 is 0 Å². The first-order valence-corrected chi connectivity index (χ1v) is 8.13. The topological polar surface area (TPSA) is 61.8 Å². The van der Waals surface area contributed by atoms with Crippen molar-refractivity contribution in [3.63, 3.8) is 0 Å². The fourth-order valence-electron chi connectivity index (χ4n) is 2.60. The van der Waals surface area contributed by atoms with Crippen molar-refractivity contribution in [3.8, 4) is 5.75 Å². The number of nitrogens with one attached hydrogen (secondary N) is 1. The molecule has 1 heterocycles. The number of phenolic OH excluding ortho intramolecular Hbond substituents is 1. The van der Waals surface area contributed by atoms with Crippen LogP contribution in [0.25, 0.3) is 0 Å². The highest BCUT2D eigenvalue weighted by molar-refractivity contribution is 5.96. The molecule has 22 heavy (non-hydrogen) atoms. The van der Waals surface area contributed by atoms with Crippen LogP contribution in [0.15, 0.2) is 24.3 Å². The average Bonchev–Trinajstić information content (AvgIpc) is 2.55. The number of benzene rings is 1. The van der Waals surface area contributed by atoms with Gasteiger partial charge < -0.3 is 15.2 Å². The number of unbranched alkanes of at least 4 members (excludes halogenated alkanes) is 3. The van der Waals surface area contributed by atoms with E-state index in [1.165, 1.54) is 18.9 Å². The first kappa shape index (κ1) is 16.8. The van der Waals surface area contributed by atoms with Gasteiger partial charge in [0.25, 0.3) is 5.91 Å². The summed E-state index contributed by atoms with van der Waals surface area (Å²) in [5, 5.41) is 12.5. The van der Waals surface area contributed by atoms with Crippen LogP contribution >= 0.6 is 0 Å². The molecule has 1 aromatic rings. The van der Waals surface area contributed by atoms with E-state index in [1.54, 1.807) is 18.2 Å². The zero-order valence-electron chi connectivity index (χ0n) is 13.1. The van der Waals surface area contributed by atoms with Gasteiger partial charge in [-0.1, -0.05) is 25.0 Å². The SMILES string of the molecule is O=C(NCCCCCCN1CCOCC1)c1ccccc1O. The third-order valence-electron chi connectivity index (χ3n) is 3.94. The Kier molecular flexibility index (Phi) is 7.19. The molecule has 0 radical (unpaired) electrons. The van der Waals surface area contributed by atoms with Crippen LogP contribution in [0.2, 0.25) is 0 Å². The number of hydrogen-bond acceptors (Lipinski definition) is 4. The molecular formula is C17H26N2O3. The highest BCUT2D eigenvalue weighted by atomic mass is 16.5. The lowest BCUT2D eigenvalue weighted by Crippen LogP contribution is -2.36. The van der Waals surface area contributed by atoms with Crippen molar-refractivity contribution in [2.24, 2.45) is 0 Å². The number of amides is 1. The number of morpholine rings is 1. The van der Waals surface area contributed by atoms with Crippen molar-refractivity contribution in [1.82, 2.24) is 10.2 Å². The van der Waals surface area contributed by atoms with Crippen LogP contribution in [-0.4, -0.2) is 55.3 Å². The minimum absolute atomic E-state index is 0.0329. The zero-order valence-corrected chi connectivity index (χ0v) is 13.1. The quantitative estimate of drug-likeness (QED) is 0.721. The number of ether oxygens (including phenoxy) is 1. The number of hydrogen-bond donors (Lipinski definition) is 2. The lowest BCUT2D eigenvalue weighted by molar-refractivity contribution is 0.0371. The first-order chi connectivity index (χ1) is 10.8. The van der Waals surface area contributed by atoms with Gasteiger partial charge in [-0.25, -0.2) is 0 Å². The number of nitrogens with zero attached hydrogens (tertiary/aromatic N) is 1. The van der Waals surface area contributed by atoms with E-state index in [1.807, 2.05) is 0 Å². The van der Waals surface area contributed by atoms with Gasteiger partial charge in [-0.3, -0.25) is 9.69 Å². The van der Waals surface area contributed by atoms with Gasteiger partial charge in [0.15, 0.2) is 0 Å². The molecule has 5 nitrogen and oxygen atoms in total. The summed E-state index contributed by atoms with van der Waals surface area (Å²) >= 11 is 0. The van der Waals surface area contributed by atoms with Gasteiger partial charge in [0.1, 0.15) is 5.75 Å². The standard InChI is InChI=1S/C17H26N2O3/c20-16-8-4-3-7-15(16)17(21)18-9-5-1-2-6-10-19-11-13-22-14-12-19/h3-4,7-8,20H,1-2,5-6,9-14H2,(H,18,21). The summed E-state index contributed by atoms with van der Waals surface area (Å²) in [4.78, 5) is 14.3. The molecule has 1 fully saturated rings. The van der Waals surface area contributed by atoms with E-state index in [0.717, 1.165) is 45.7 Å². The largest absolute Gasteiger partial charge is 0.507 e. The number of phenols is 1. The Morgan fingerprint density at radius 1 is 1.14 bits per heavy atom. The molecule has 2 N–H and O–H groups in total. The smallest absolute Gasteiger partial charge is 0.255 e. The van der Waals surface area contributed by atoms with Gasteiger partial charge in [-0.15, -0.1) is 0 Å². The molecule has 122 valence electrons. The van der Waals surface area contributed by atoms with Crippen molar-refractivity contribution >= 4 is 5.91 Å². The molecule has 0 saturated carbocycles. The Hall–Kier alpha value is -1.59. The van der Waals surface area contributed by atoms with Crippen molar-refractivity contribution in [2.75, 3.05) is 39.4 Å². The molecule has 0 bridgehead atoms. The Morgan fingerprint density at radius 3 is 2.64 bits per heavy atom. The normalized spacial score (nSPS) is 15.6. The summed E-state index contributed by atoms with van der Waals surface area (Å²) in [7, 11) is 0. The molecular weight excluding hydrogens is 280 g/mol. The number of rotatable bonds is 8. The third kappa shape index (κ3) is 5.66. The summed E-state index contributed by atoms with van der Waals surface area (Å²) in [6, 6.07) is 6.62. The summed E-state index contributed by atoms with van der Waals surface area (Å²) < 4.78 is 5.33. The molecule has 2 rings (SSSR count). The molecule has 5 heteroatoms. The maximum absolute atomic E-state index is 11.9. The van der Waals surface area contributed by atoms with Gasteiger partial charge in [0.2, 0.25) is 0 Å². The van der Waals surface area contributed by atoms with Crippen molar-refractivity contribution in [3.05, 3.63) is 29.8 Å². The van der Waals surface area contributed by atoms with Gasteiger partial charge in [0, 0.05) is 19.6 Å². The van der Waals surface area contributed by atoms with Crippen molar-refractivity contribution in [2.45, 2.75) is 25.7 Å².